The summed E-state index contributed by atoms with van der Waals surface area (Å²) in [6.45, 7) is 2.90. The van der Waals surface area contributed by atoms with E-state index in [0.29, 0.717) is 28.9 Å². The first-order chi connectivity index (χ1) is 13.2. The van der Waals surface area contributed by atoms with Gasteiger partial charge in [-0.05, 0) is 18.6 Å². The predicted octanol–water partition coefficient (Wildman–Crippen LogP) is 4.99. The van der Waals surface area contributed by atoms with Crippen molar-refractivity contribution in [3.05, 3.63) is 29.3 Å². The largest absolute Gasteiger partial charge is 0.497 e. The Hall–Kier alpha value is -2.28. The Morgan fingerprint density at radius 2 is 1.89 bits per heavy atom. The molecular formula is C20H29N3O3S. The van der Waals surface area contributed by atoms with E-state index in [2.05, 4.69) is 22.5 Å². The van der Waals surface area contributed by atoms with Crippen molar-refractivity contribution in [2.45, 2.75) is 45.4 Å². The molecule has 0 atom stereocenters. The normalized spacial score (nSPS) is 10.5. The Morgan fingerprint density at radius 1 is 1.11 bits per heavy atom. The Balaban J connectivity index is 1.83. The minimum absolute atomic E-state index is 0.130. The summed E-state index contributed by atoms with van der Waals surface area (Å²) in [5.74, 6) is 1.24. The van der Waals surface area contributed by atoms with Crippen LogP contribution in [0.2, 0.25) is 0 Å². The monoisotopic (exact) mass is 391 g/mol. The van der Waals surface area contributed by atoms with E-state index in [-0.39, 0.29) is 5.91 Å². The quantitative estimate of drug-likeness (QED) is 0.499. The third-order valence-electron chi connectivity index (χ3n) is 4.20. The van der Waals surface area contributed by atoms with Gasteiger partial charge in [0.2, 0.25) is 0 Å². The summed E-state index contributed by atoms with van der Waals surface area (Å²) in [5, 5.41) is 8.53. The van der Waals surface area contributed by atoms with E-state index in [1.807, 2.05) is 12.1 Å². The molecule has 7 heteroatoms. The minimum Gasteiger partial charge on any atom is -0.497 e. The fraction of sp³-hybridized carbons (Fsp3) is 0.500. The van der Waals surface area contributed by atoms with Crippen LogP contribution >= 0.6 is 11.3 Å². The number of thiazole rings is 1. The number of carbonyl (C=O) groups excluding carboxylic acids is 1. The van der Waals surface area contributed by atoms with E-state index in [0.717, 1.165) is 18.5 Å². The average Bonchev–Trinajstić information content (AvgIpc) is 3.16. The molecule has 0 unspecified atom stereocenters. The van der Waals surface area contributed by atoms with Gasteiger partial charge in [-0.1, -0.05) is 39.0 Å². The molecule has 148 valence electrons. The zero-order valence-electron chi connectivity index (χ0n) is 16.3. The number of hydrogen-bond donors (Lipinski definition) is 2. The Bertz CT molecular complexity index is 718. The third kappa shape index (κ3) is 6.75. The SMILES string of the molecule is CCCCCCCCNC(=O)c1csc(Nc2ccc(OC)cc2OC)n1. The van der Waals surface area contributed by atoms with Crippen LogP contribution in [-0.4, -0.2) is 31.7 Å². The van der Waals surface area contributed by atoms with Gasteiger partial charge in [0.25, 0.3) is 5.91 Å². The Morgan fingerprint density at radius 3 is 2.63 bits per heavy atom. The fourth-order valence-electron chi connectivity index (χ4n) is 2.65. The third-order valence-corrected chi connectivity index (χ3v) is 4.96. The molecule has 0 fully saturated rings. The minimum atomic E-state index is -0.130. The van der Waals surface area contributed by atoms with Crippen LogP contribution in [0.3, 0.4) is 0 Å². The summed E-state index contributed by atoms with van der Waals surface area (Å²) in [6, 6.07) is 5.49. The van der Waals surface area contributed by atoms with E-state index in [4.69, 9.17) is 9.47 Å². The maximum atomic E-state index is 12.2. The number of hydrogen-bond acceptors (Lipinski definition) is 6. The van der Waals surface area contributed by atoms with E-state index in [1.54, 1.807) is 25.7 Å². The molecule has 0 aliphatic carbocycles. The number of carbonyl (C=O) groups is 1. The first kappa shape index (κ1) is 21.0. The summed E-state index contributed by atoms with van der Waals surface area (Å²) < 4.78 is 10.6. The van der Waals surface area contributed by atoms with Crippen molar-refractivity contribution in [1.29, 1.82) is 0 Å². The van der Waals surface area contributed by atoms with Gasteiger partial charge >= 0.3 is 0 Å². The number of unbranched alkanes of at least 4 members (excludes halogenated alkanes) is 5. The molecule has 2 aromatic rings. The highest BCUT2D eigenvalue weighted by atomic mass is 32.1. The highest BCUT2D eigenvalue weighted by Crippen LogP contribution is 2.32. The lowest BCUT2D eigenvalue weighted by Crippen LogP contribution is -2.24. The van der Waals surface area contributed by atoms with Crippen molar-refractivity contribution in [2.75, 3.05) is 26.1 Å². The van der Waals surface area contributed by atoms with Crippen LogP contribution in [-0.2, 0) is 0 Å². The molecule has 27 heavy (non-hydrogen) atoms. The van der Waals surface area contributed by atoms with Crippen molar-refractivity contribution in [3.63, 3.8) is 0 Å². The second kappa shape index (κ2) is 11.4. The molecule has 2 rings (SSSR count). The van der Waals surface area contributed by atoms with Crippen molar-refractivity contribution in [2.24, 2.45) is 0 Å². The van der Waals surface area contributed by atoms with Crippen molar-refractivity contribution < 1.29 is 14.3 Å². The predicted molar refractivity (Wildman–Crippen MR) is 111 cm³/mol. The van der Waals surface area contributed by atoms with Crippen LogP contribution in [0.5, 0.6) is 11.5 Å². The van der Waals surface area contributed by atoms with Gasteiger partial charge in [-0.15, -0.1) is 11.3 Å². The molecule has 1 aromatic carbocycles. The topological polar surface area (TPSA) is 72.5 Å². The van der Waals surface area contributed by atoms with Crippen LogP contribution in [0.1, 0.15) is 55.9 Å². The summed E-state index contributed by atoms with van der Waals surface area (Å²) in [4.78, 5) is 16.6. The number of amides is 1. The molecule has 2 N–H and O–H groups in total. The number of aromatic nitrogens is 1. The van der Waals surface area contributed by atoms with Gasteiger partial charge in [-0.2, -0.15) is 0 Å². The number of anilines is 2. The number of benzene rings is 1. The molecule has 0 radical (unpaired) electrons. The highest BCUT2D eigenvalue weighted by Gasteiger charge is 2.12. The average molecular weight is 392 g/mol. The lowest BCUT2D eigenvalue weighted by molar-refractivity contribution is 0.0948. The zero-order chi connectivity index (χ0) is 19.5. The summed E-state index contributed by atoms with van der Waals surface area (Å²) in [7, 11) is 3.21. The smallest absolute Gasteiger partial charge is 0.270 e. The second-order valence-corrected chi connectivity index (χ2v) is 7.11. The molecule has 0 saturated heterocycles. The first-order valence-corrected chi connectivity index (χ1v) is 10.3. The van der Waals surface area contributed by atoms with Gasteiger partial charge in [0.1, 0.15) is 17.2 Å². The highest BCUT2D eigenvalue weighted by molar-refractivity contribution is 7.14. The molecule has 6 nitrogen and oxygen atoms in total. The molecule has 1 amide bonds. The van der Waals surface area contributed by atoms with Crippen molar-refractivity contribution in [3.8, 4) is 11.5 Å². The summed E-state index contributed by atoms with van der Waals surface area (Å²) in [5.41, 5.74) is 1.20. The maximum Gasteiger partial charge on any atom is 0.270 e. The summed E-state index contributed by atoms with van der Waals surface area (Å²) in [6.07, 6.45) is 7.22. The Kier molecular flexibility index (Phi) is 8.91. The zero-order valence-corrected chi connectivity index (χ0v) is 17.2. The van der Waals surface area contributed by atoms with Crippen LogP contribution in [0, 0.1) is 0 Å². The summed E-state index contributed by atoms with van der Waals surface area (Å²) >= 11 is 1.38. The number of methoxy groups -OCH3 is 2. The number of rotatable bonds is 12. The molecule has 1 heterocycles. The van der Waals surface area contributed by atoms with E-state index in [9.17, 15) is 4.79 Å². The standard InChI is InChI=1S/C20H29N3O3S/c1-4-5-6-7-8-9-12-21-19(24)17-14-27-20(23-17)22-16-11-10-15(25-2)13-18(16)26-3/h10-11,13-14H,4-9,12H2,1-3H3,(H,21,24)(H,22,23). The van der Waals surface area contributed by atoms with Crippen molar-refractivity contribution >= 4 is 28.1 Å². The Labute approximate surface area is 165 Å². The molecule has 0 aliphatic rings. The number of nitrogens with zero attached hydrogens (tertiary/aromatic N) is 1. The van der Waals surface area contributed by atoms with Gasteiger partial charge in [0, 0.05) is 18.0 Å². The van der Waals surface area contributed by atoms with Crippen LogP contribution in [0.4, 0.5) is 10.8 Å². The molecule has 0 spiro atoms. The van der Waals surface area contributed by atoms with Gasteiger partial charge in [0.05, 0.1) is 19.9 Å². The molecule has 1 aromatic heterocycles. The van der Waals surface area contributed by atoms with Gasteiger partial charge in [-0.3, -0.25) is 4.79 Å². The van der Waals surface area contributed by atoms with E-state index < -0.39 is 0 Å². The van der Waals surface area contributed by atoms with E-state index >= 15 is 0 Å². The van der Waals surface area contributed by atoms with E-state index in [1.165, 1.54) is 37.0 Å². The number of nitrogens with one attached hydrogen (secondary N) is 2. The number of ether oxygens (including phenoxy) is 2. The lowest BCUT2D eigenvalue weighted by atomic mass is 10.1. The first-order valence-electron chi connectivity index (χ1n) is 9.40. The second-order valence-electron chi connectivity index (χ2n) is 6.25. The molecule has 0 bridgehead atoms. The van der Waals surface area contributed by atoms with Gasteiger partial charge < -0.3 is 20.1 Å². The lowest BCUT2D eigenvalue weighted by Gasteiger charge is -2.10. The fourth-order valence-corrected chi connectivity index (χ4v) is 3.35. The molecular weight excluding hydrogens is 362 g/mol. The van der Waals surface area contributed by atoms with Gasteiger partial charge in [0.15, 0.2) is 5.13 Å². The van der Waals surface area contributed by atoms with Crippen LogP contribution in [0.15, 0.2) is 23.6 Å². The molecule has 0 aliphatic heterocycles. The van der Waals surface area contributed by atoms with Crippen LogP contribution < -0.4 is 20.1 Å². The van der Waals surface area contributed by atoms with Crippen LogP contribution in [0.25, 0.3) is 0 Å². The molecule has 0 saturated carbocycles. The van der Waals surface area contributed by atoms with Gasteiger partial charge in [-0.25, -0.2) is 4.98 Å². The van der Waals surface area contributed by atoms with Crippen molar-refractivity contribution in [1.82, 2.24) is 10.3 Å². The maximum absolute atomic E-state index is 12.2.